The standard InChI is InChI=1S/C15H12BrNO.C10H12BrNO.C10H13NO.C10H9NO.C9H10BrNO.C9H7NO.C6H4FNO2.2CH3Br.CH3I.CH2O3.BHNS.BrH.2K.13H2.H/c16-11-8-10-4-3-7-17-12-5-1-2-6-13(12)18-14(9-11)15(10)17;1-13-9-6-8(11)5-7-3-2-4-12-10(7)9;2*1-12-9-6-2-4-8-5-3-7-11-10(8)9;10-7-4-6-2-1-3-11-9(6)8(12)5-7;11-8-5-1-3-7-4-2-6-10-9(7)8;7-5-3-1-2-4-6(5)8(9)10;3*1-2;2-1-4-3;1-2-3;;;;;;;;;;;;;;;;;/h1-2,5-6,8-9H,3-4,7H2;5-6,12H,2-4H2,1H3;2,4,6,11H,3,5,7H2,1H3;2-7H,1H3;4-5,11-12H,1-3H2;1-6,11H;1-4H;3*1H3;1,3H;3H;1H;;;13*1H;/q;;;;;;;;;;;;;2*+1;;;;;;;;;;;;;;-1/p-1/i;;;;;;;;;;;;;;;9*1+1D;3*1+1;;. The molecule has 5 N–H and O–H groups in total. The van der Waals surface area contributed by atoms with Crippen LogP contribution < -0.4 is 148 Å². The van der Waals surface area contributed by atoms with Crippen molar-refractivity contribution in [2.24, 2.45) is 4.30 Å². The number of nitrogens with zero attached hydrogens (tertiary/aromatic N) is 5. The van der Waals surface area contributed by atoms with Gasteiger partial charge in [-0.3, -0.25) is 24.9 Å². The van der Waals surface area contributed by atoms with Crippen LogP contribution in [0.25, 0.3) is 21.8 Å². The number of thiol groups is 1. The molecular weight excluding hydrogens is 1910 g/mol. The van der Waals surface area contributed by atoms with Crippen LogP contribution in [0, 0.1) is 15.9 Å². The van der Waals surface area contributed by atoms with E-state index >= 15 is 0 Å². The third-order valence-corrected chi connectivity index (χ3v) is 16.1. The van der Waals surface area contributed by atoms with E-state index < -0.39 is 16.4 Å². The van der Waals surface area contributed by atoms with Gasteiger partial charge in [-0.2, -0.15) is 4.39 Å². The number of hydrogen-bond donors (Lipinski definition) is 6. The number of carbonyl (C=O) groups is 1. The van der Waals surface area contributed by atoms with E-state index in [0.29, 0.717) is 11.3 Å². The number of para-hydroxylation sites is 6. The molecule has 5 aliphatic rings. The number of pyridine rings is 2. The van der Waals surface area contributed by atoms with E-state index in [-0.39, 0.29) is 139 Å². The van der Waals surface area contributed by atoms with Gasteiger partial charge in [-0.1, -0.05) is 175 Å². The van der Waals surface area contributed by atoms with E-state index in [4.69, 9.17) is 55.7 Å². The number of methoxy groups -OCH3 is 3. The van der Waals surface area contributed by atoms with E-state index in [2.05, 4.69) is 205 Å². The van der Waals surface area contributed by atoms with Gasteiger partial charge >= 0.3 is 133 Å². The van der Waals surface area contributed by atoms with Crippen molar-refractivity contribution in [2.75, 3.05) is 85.0 Å². The molecule has 104 heavy (non-hydrogen) atoms. The first-order valence-electron chi connectivity index (χ1n) is 40.0. The number of nitro groups is 1. The summed E-state index contributed by atoms with van der Waals surface area (Å²) < 4.78 is 130. The van der Waals surface area contributed by atoms with Crippen molar-refractivity contribution in [1.29, 1.82) is 0 Å². The summed E-state index contributed by atoms with van der Waals surface area (Å²) in [5.74, 6) is 8.06. The number of halogens is 8. The Balaban J connectivity index is -0.0000000923. The number of nitro benzene ring substituents is 1. The number of carbonyl (C=O) groups excluding carboxylic acids is 1. The zero-order chi connectivity index (χ0) is 92.1. The average molecular weight is 2040 g/mol. The number of alkyl halides is 3. The van der Waals surface area contributed by atoms with Crippen molar-refractivity contribution < 1.29 is 190 Å². The predicted molar refractivity (Wildman–Crippen MR) is 474 cm³/mol. The maximum absolute atomic E-state index is 12.4. The van der Waals surface area contributed by atoms with Crippen LogP contribution >= 0.6 is 132 Å². The van der Waals surface area contributed by atoms with Crippen molar-refractivity contribution in [3.63, 3.8) is 0 Å². The number of phenolic OH excluding ortho intramolecular Hbond substituents is 2. The third kappa shape index (κ3) is 31.4. The van der Waals surface area contributed by atoms with Crippen LogP contribution in [0.3, 0.4) is 0 Å². The Bertz CT molecular complexity index is 4270. The minimum absolute atomic E-state index is 0. The molecule has 0 saturated carbocycles. The Kier molecular flexibility index (Phi) is 45.2. The second kappa shape index (κ2) is 56.6. The Morgan fingerprint density at radius 1 is 0.644 bits per heavy atom. The van der Waals surface area contributed by atoms with Crippen molar-refractivity contribution in [1.82, 2.24) is 9.97 Å². The number of aryl methyl sites for hydroxylation is 4. The van der Waals surface area contributed by atoms with Crippen LogP contribution in [0.5, 0.6) is 40.2 Å². The first-order chi connectivity index (χ1) is 58.2. The van der Waals surface area contributed by atoms with Gasteiger partial charge in [0.2, 0.25) is 5.82 Å². The zero-order valence-corrected chi connectivity index (χ0v) is 77.6. The van der Waals surface area contributed by atoms with Gasteiger partial charge in [-0.15, -0.1) is 17.0 Å². The summed E-state index contributed by atoms with van der Waals surface area (Å²) in [6, 6.07) is 50.6. The normalized spacial score (nSPS) is 12.3. The fourth-order valence-electron chi connectivity index (χ4n) is 10.7. The van der Waals surface area contributed by atoms with Gasteiger partial charge in [0.1, 0.15) is 39.8 Å². The molecule has 7 heterocycles. The molecular formula is C73H106BBr6FIK2N8O11S. The van der Waals surface area contributed by atoms with Crippen LogP contribution in [-0.2, 0) is 35.4 Å². The van der Waals surface area contributed by atoms with Crippen LogP contribution in [0.1, 0.15) is 81.8 Å². The molecule has 2 aromatic heterocycles. The van der Waals surface area contributed by atoms with Crippen molar-refractivity contribution >= 4 is 202 Å². The van der Waals surface area contributed by atoms with Crippen LogP contribution in [-0.4, -0.2) is 103 Å². The molecule has 0 atom stereocenters. The number of benzene rings is 8. The summed E-state index contributed by atoms with van der Waals surface area (Å²) in [5.41, 5.74) is 12.1. The molecule has 5 aliphatic heterocycles. The van der Waals surface area contributed by atoms with Gasteiger partial charge in [0.15, 0.2) is 11.5 Å². The van der Waals surface area contributed by atoms with Crippen LogP contribution in [0.15, 0.2) is 194 Å². The number of hydrogen-bond acceptors (Lipinski definition) is 19. The number of ether oxygens (including phenoxy) is 4. The average Bonchev–Trinajstić information content (AvgIpc) is 0.749. The second-order valence-electron chi connectivity index (χ2n) is 20.8. The molecule has 0 amide bonds. The number of anilines is 5. The van der Waals surface area contributed by atoms with Gasteiger partial charge in [0.25, 0.3) is 6.47 Å². The second-order valence-corrected chi connectivity index (χ2v) is 23.8. The van der Waals surface area contributed by atoms with Gasteiger partial charge < -0.3 is 61.6 Å². The van der Waals surface area contributed by atoms with E-state index in [0.717, 1.165) is 134 Å². The molecule has 0 fully saturated rings. The third-order valence-electron chi connectivity index (χ3n) is 14.7. The maximum atomic E-state index is 12.4. The van der Waals surface area contributed by atoms with Gasteiger partial charge in [0.05, 0.1) is 54.7 Å². The fraction of sp³-hybridized carbons (Fsp3) is 0.247. The van der Waals surface area contributed by atoms with Gasteiger partial charge in [-0.05, 0) is 175 Å². The van der Waals surface area contributed by atoms with E-state index in [1.165, 1.54) is 77.1 Å². The minimum Gasteiger partial charge on any atom is -1.00 e. The van der Waals surface area contributed by atoms with E-state index in [1.54, 1.807) is 51.9 Å². The number of phenols is 2. The van der Waals surface area contributed by atoms with E-state index in [1.807, 2.05) is 95.5 Å². The quantitative estimate of drug-likeness (QED) is 0.0108. The number of aromatic nitrogens is 2. The zero-order valence-electron chi connectivity index (χ0n) is 77.7. The summed E-state index contributed by atoms with van der Waals surface area (Å²) in [4.78, 5) is 33.1. The maximum Gasteiger partial charge on any atom is 1.00 e. The van der Waals surface area contributed by atoms with Crippen molar-refractivity contribution in [3.05, 3.63) is 228 Å². The Hall–Kier alpha value is -3.56. The topological polar surface area (TPSA) is 247 Å². The molecule has 15 rings (SSSR count). The molecule has 31 heteroatoms. The molecule has 0 aliphatic carbocycles. The molecule has 1 radical (unpaired) electrons. The number of rotatable bonds is 5. The number of nitrogens with one attached hydrogen (secondary N) is 3. The summed E-state index contributed by atoms with van der Waals surface area (Å²) >= 11 is 21.6. The van der Waals surface area contributed by atoms with Gasteiger partial charge in [-0.25, -0.2) is 0 Å². The summed E-state index contributed by atoms with van der Waals surface area (Å²) in [6.45, 7) is 3.96. The largest absolute Gasteiger partial charge is 1.00 e. The Labute approximate surface area is 800 Å². The SMILES string of the molecule is Br.Brc1cc2c3c(c1)Oc1ccccc1N3CCC2.CBr.CBr.CI.COc1cc(Br)cc2c1NCCC2.COc1cccc2c1NCCC2.COc1cccc2cccnc12.O=CO[O-].O=[N+]([O-])c1ccccc1F.Oc1cc(Br)cc2c1NCCC2.Oc1cccc2cccnc12.[2HH].[2HH].[2HH].[2H][2H].[2H][2H].[2H][2H].[2H][2H].[2H][2H].[2H][2H].[2H][2H].[2H][2H].[2H][2H].[B]=NS.[H-].[HH].[K+].[K+]. The smallest absolute Gasteiger partial charge is 1.00 e. The van der Waals surface area contributed by atoms with Crippen LogP contribution in [0.2, 0.25) is 0 Å². The summed E-state index contributed by atoms with van der Waals surface area (Å²) in [6.07, 6.45) is 12.7. The van der Waals surface area contributed by atoms with Gasteiger partial charge in [0, 0.05) is 101 Å². The summed E-state index contributed by atoms with van der Waals surface area (Å²) in [7, 11) is 9.41. The first kappa shape index (κ1) is 82.9. The molecule has 571 valence electrons. The Morgan fingerprint density at radius 2 is 1.11 bits per heavy atom. The molecule has 0 unspecified atom stereocenters. The fourth-order valence-corrected chi connectivity index (χ4v) is 12.1. The molecule has 19 nitrogen and oxygen atoms in total. The Morgan fingerprint density at radius 3 is 1.67 bits per heavy atom. The monoisotopic (exact) mass is 2030 g/mol. The predicted octanol–water partition coefficient (Wildman–Crippen LogP) is 17.5. The molecule has 10 aromatic rings. The minimum atomic E-state index is -0.799. The van der Waals surface area contributed by atoms with Crippen molar-refractivity contribution in [2.45, 2.75) is 51.4 Å². The summed E-state index contributed by atoms with van der Waals surface area (Å²) in [5, 5.41) is 49.3. The number of fused-ring (bicyclic) bond motifs is 7. The molecule has 8 aromatic carbocycles. The van der Waals surface area contributed by atoms with E-state index in [9.17, 15) is 24.7 Å². The molecule has 0 bridgehead atoms. The molecule has 0 saturated heterocycles. The number of aromatic hydroxyl groups is 2. The van der Waals surface area contributed by atoms with Crippen molar-refractivity contribution in [3.8, 4) is 40.2 Å². The molecule has 0 spiro atoms. The van der Waals surface area contributed by atoms with Crippen LogP contribution in [0.4, 0.5) is 38.5 Å². The first-order valence-corrected chi connectivity index (χ1v) is 39.1.